The van der Waals surface area contributed by atoms with Crippen molar-refractivity contribution in [2.24, 2.45) is 0 Å². The molecule has 0 aliphatic rings. The van der Waals surface area contributed by atoms with Gasteiger partial charge in [0.05, 0.1) is 0 Å². The van der Waals surface area contributed by atoms with Crippen LogP contribution in [0.3, 0.4) is 0 Å². The molecule has 11 heteroatoms. The maximum atomic E-state index is 9.90. The first-order valence-electron chi connectivity index (χ1n) is 2.56. The van der Waals surface area contributed by atoms with E-state index in [0.717, 1.165) is 0 Å². The molecule has 3 N–H and O–H groups in total. The number of hydrogen-bond donors (Lipinski definition) is 3. The number of carboxylic acids is 1. The average Bonchev–Trinajstić information content (AvgIpc) is 1.98. The second-order valence-electron chi connectivity index (χ2n) is 1.23. The second kappa shape index (κ2) is 13.1. The summed E-state index contributed by atoms with van der Waals surface area (Å²) in [5.74, 6) is -3.21. The summed E-state index contributed by atoms with van der Waals surface area (Å²) in [6.45, 7) is 0. The van der Waals surface area contributed by atoms with Crippen molar-refractivity contribution in [1.29, 1.82) is 0 Å². The van der Waals surface area contributed by atoms with Crippen LogP contribution in [-0.4, -0.2) is 40.5 Å². The second-order valence-corrected chi connectivity index (χ2v) is 1.45. The summed E-state index contributed by atoms with van der Waals surface area (Å²) in [6, 6.07) is -0.390. The minimum atomic E-state index is -2.42. The molecular formula is C3H5BClNaO8. The van der Waals surface area contributed by atoms with E-state index in [4.69, 9.17) is 31.8 Å². The van der Waals surface area contributed by atoms with Crippen molar-refractivity contribution in [2.75, 3.05) is 6.07 Å². The van der Waals surface area contributed by atoms with E-state index in [1.807, 2.05) is 0 Å². The number of carbonyl (C=O) groups is 2. The average molecular weight is 238 g/mol. The Balaban J connectivity index is -0.000000209. The Kier molecular flexibility index (Phi) is 18.5. The van der Waals surface area contributed by atoms with Crippen molar-refractivity contribution in [3.63, 3.8) is 0 Å². The Morgan fingerprint density at radius 2 is 1.79 bits per heavy atom. The standard InChI is InChI=1S/C3H3ClO5.BH2O3.Na/c4-1-8-9-3(7)2(5)6;2-1(3)4;/h1H2,(H,5,6);2-3H;/q;-1;+1. The van der Waals surface area contributed by atoms with E-state index in [2.05, 4.69) is 9.78 Å². The van der Waals surface area contributed by atoms with Gasteiger partial charge in [0.1, 0.15) is 0 Å². The Bertz CT molecular complexity index is 162. The molecule has 0 amide bonds. The summed E-state index contributed by atoms with van der Waals surface area (Å²) in [6.07, 6.45) is 0. The van der Waals surface area contributed by atoms with Crippen LogP contribution in [0.4, 0.5) is 0 Å². The van der Waals surface area contributed by atoms with Crippen LogP contribution >= 0.6 is 11.6 Å². The van der Waals surface area contributed by atoms with Gasteiger partial charge in [0.2, 0.25) is 0 Å². The molecule has 0 aliphatic heterocycles. The van der Waals surface area contributed by atoms with Gasteiger partial charge in [-0.15, -0.1) is 0 Å². The summed E-state index contributed by atoms with van der Waals surface area (Å²) < 4.78 is 0. The SMILES string of the molecule is O=C(O)C(=O)OOCCl.[Na+].[O-]B(O)O. The molecule has 0 fully saturated rings. The first-order valence-corrected chi connectivity index (χ1v) is 3.10. The van der Waals surface area contributed by atoms with E-state index in [0.29, 0.717) is 0 Å². The van der Waals surface area contributed by atoms with Gasteiger partial charge in [0.15, 0.2) is 6.07 Å². The molecule has 0 saturated heterocycles. The molecule has 0 saturated carbocycles. The van der Waals surface area contributed by atoms with Crippen molar-refractivity contribution in [3.05, 3.63) is 0 Å². The topological polar surface area (TPSA) is 136 Å². The van der Waals surface area contributed by atoms with E-state index in [1.165, 1.54) is 0 Å². The van der Waals surface area contributed by atoms with Crippen molar-refractivity contribution in [2.45, 2.75) is 0 Å². The Labute approximate surface area is 106 Å². The van der Waals surface area contributed by atoms with Crippen LogP contribution in [0.15, 0.2) is 0 Å². The van der Waals surface area contributed by atoms with Crippen molar-refractivity contribution in [3.8, 4) is 0 Å². The van der Waals surface area contributed by atoms with Crippen molar-refractivity contribution < 1.29 is 69.1 Å². The summed E-state index contributed by atoms with van der Waals surface area (Å²) >= 11 is 4.86. The monoisotopic (exact) mass is 238 g/mol. The van der Waals surface area contributed by atoms with E-state index >= 15 is 0 Å². The largest absolute Gasteiger partial charge is 1.00 e. The number of carboxylic acid groups (broad SMARTS) is 1. The zero-order valence-electron chi connectivity index (χ0n) is 7.05. The van der Waals surface area contributed by atoms with E-state index in [9.17, 15) is 9.59 Å². The molecule has 8 nitrogen and oxygen atoms in total. The molecule has 0 aliphatic carbocycles. The van der Waals surface area contributed by atoms with Crippen LogP contribution in [0.5, 0.6) is 0 Å². The molecule has 0 aromatic heterocycles. The van der Waals surface area contributed by atoms with Gasteiger partial charge in [0, 0.05) is 0 Å². The predicted octanol–water partition coefficient (Wildman–Crippen LogP) is -5.94. The fourth-order valence-corrected chi connectivity index (χ4v) is 0.156. The van der Waals surface area contributed by atoms with Gasteiger partial charge in [-0.05, 0) is 0 Å². The predicted molar refractivity (Wildman–Crippen MR) is 35.7 cm³/mol. The van der Waals surface area contributed by atoms with Crippen LogP contribution < -0.4 is 34.6 Å². The van der Waals surface area contributed by atoms with Crippen LogP contribution in [-0.2, 0) is 19.4 Å². The molecule has 14 heavy (non-hydrogen) atoms. The first-order chi connectivity index (χ1) is 5.91. The minimum absolute atomic E-state index is 0. The molecule has 0 spiro atoms. The summed E-state index contributed by atoms with van der Waals surface area (Å²) in [4.78, 5) is 26.9. The number of rotatable bonds is 2. The summed E-state index contributed by atoms with van der Waals surface area (Å²) in [7, 11) is -2.42. The number of halogens is 1. The smallest absolute Gasteiger partial charge is 0.832 e. The molecule has 0 aromatic carbocycles. The number of aliphatic carboxylic acids is 1. The molecule has 0 rings (SSSR count). The van der Waals surface area contributed by atoms with Gasteiger partial charge in [-0.1, -0.05) is 11.6 Å². The Hall–Kier alpha value is 0.135. The Morgan fingerprint density at radius 1 is 1.43 bits per heavy atom. The Morgan fingerprint density at radius 3 is 2.00 bits per heavy atom. The molecule has 0 atom stereocenters. The number of carbonyl (C=O) groups excluding carboxylic acids is 1. The van der Waals surface area contributed by atoms with Gasteiger partial charge in [-0.3, -0.25) is 4.89 Å². The zero-order chi connectivity index (χ0) is 10.9. The number of alkyl halides is 1. The van der Waals surface area contributed by atoms with Crippen LogP contribution in [0, 0.1) is 0 Å². The minimum Gasteiger partial charge on any atom is -0.832 e. The third-order valence-corrected chi connectivity index (χ3v) is 0.443. The first kappa shape index (κ1) is 19.7. The number of hydrogen-bond acceptors (Lipinski definition) is 7. The maximum Gasteiger partial charge on any atom is 1.00 e. The molecule has 0 aromatic rings. The normalized spacial score (nSPS) is 7.43. The molecule has 0 unspecified atom stereocenters. The van der Waals surface area contributed by atoms with Gasteiger partial charge >= 0.3 is 48.8 Å². The van der Waals surface area contributed by atoms with Crippen LogP contribution in [0.25, 0.3) is 0 Å². The molecule has 0 radical (unpaired) electrons. The fourth-order valence-electron chi connectivity index (χ4n) is 0.111. The molecule has 0 heterocycles. The van der Waals surface area contributed by atoms with Crippen LogP contribution in [0.1, 0.15) is 0 Å². The fraction of sp³-hybridized carbons (Fsp3) is 0.333. The van der Waals surface area contributed by atoms with E-state index < -0.39 is 19.3 Å². The maximum absolute atomic E-state index is 9.90. The van der Waals surface area contributed by atoms with Gasteiger partial charge in [0.25, 0.3) is 0 Å². The van der Waals surface area contributed by atoms with Crippen LogP contribution in [0.2, 0.25) is 0 Å². The van der Waals surface area contributed by atoms with E-state index in [1.54, 1.807) is 0 Å². The zero-order valence-corrected chi connectivity index (χ0v) is 9.80. The van der Waals surface area contributed by atoms with Gasteiger partial charge in [-0.25, -0.2) is 9.59 Å². The van der Waals surface area contributed by atoms with Crippen molar-refractivity contribution >= 4 is 30.9 Å². The quantitative estimate of drug-likeness (QED) is 0.142. The van der Waals surface area contributed by atoms with Gasteiger partial charge < -0.3 is 20.2 Å². The molecule has 76 valence electrons. The van der Waals surface area contributed by atoms with Crippen molar-refractivity contribution in [1.82, 2.24) is 0 Å². The third kappa shape index (κ3) is 22.7. The molecule has 0 bridgehead atoms. The molecular weight excluding hydrogens is 233 g/mol. The summed E-state index contributed by atoms with van der Waals surface area (Å²) in [5.41, 5.74) is 0. The third-order valence-electron chi connectivity index (χ3n) is 0.354. The van der Waals surface area contributed by atoms with E-state index in [-0.39, 0.29) is 35.6 Å². The van der Waals surface area contributed by atoms with Gasteiger partial charge in [-0.2, -0.15) is 4.89 Å². The summed E-state index contributed by atoms with van der Waals surface area (Å²) in [5, 5.41) is 30.6.